The molecule has 0 spiro atoms. The van der Waals surface area contributed by atoms with Crippen LogP contribution in [0.25, 0.3) is 10.7 Å². The van der Waals surface area contributed by atoms with Gasteiger partial charge in [0.1, 0.15) is 6.04 Å². The summed E-state index contributed by atoms with van der Waals surface area (Å²) in [5.41, 5.74) is 0. The lowest BCUT2D eigenvalue weighted by atomic mass is 10.2. The Morgan fingerprint density at radius 1 is 1.30 bits per heavy atom. The van der Waals surface area contributed by atoms with Gasteiger partial charge < -0.3 is 5.32 Å². The topological polar surface area (TPSA) is 62.7 Å². The highest BCUT2D eigenvalue weighted by molar-refractivity contribution is 7.71. The van der Waals surface area contributed by atoms with E-state index in [1.165, 1.54) is 0 Å². The molecule has 3 rings (SSSR count). The van der Waals surface area contributed by atoms with Crippen LogP contribution < -0.4 is 5.32 Å². The van der Waals surface area contributed by atoms with E-state index in [1.54, 1.807) is 27.2 Å². The average Bonchev–Trinajstić information content (AvgIpc) is 3.27. The minimum atomic E-state index is -0.444. The Labute approximate surface area is 147 Å². The number of aromatic nitrogens is 3. The van der Waals surface area contributed by atoms with Gasteiger partial charge in [0.15, 0.2) is 10.6 Å². The van der Waals surface area contributed by atoms with E-state index < -0.39 is 6.04 Å². The van der Waals surface area contributed by atoms with Gasteiger partial charge in [-0.25, -0.2) is 0 Å². The SMILES string of the molecule is C[C@H](NC(=O)[C@@H](C)n1c(-c2cccs2)n[nH]c1=S)c1cccs1. The summed E-state index contributed by atoms with van der Waals surface area (Å²) in [4.78, 5) is 14.7. The molecule has 0 saturated heterocycles. The fourth-order valence-electron chi connectivity index (χ4n) is 2.30. The number of H-pyrrole nitrogens is 1. The molecule has 0 fully saturated rings. The highest BCUT2D eigenvalue weighted by Gasteiger charge is 2.22. The monoisotopic (exact) mass is 364 g/mol. The van der Waals surface area contributed by atoms with Crippen molar-refractivity contribution in [3.63, 3.8) is 0 Å². The van der Waals surface area contributed by atoms with E-state index in [4.69, 9.17) is 12.2 Å². The van der Waals surface area contributed by atoms with Gasteiger partial charge in [-0.2, -0.15) is 5.10 Å². The molecule has 2 atom stereocenters. The number of nitrogens with zero attached hydrogens (tertiary/aromatic N) is 2. The first-order valence-electron chi connectivity index (χ1n) is 7.12. The number of thiophene rings is 2. The molecule has 3 aromatic rings. The maximum Gasteiger partial charge on any atom is 0.243 e. The van der Waals surface area contributed by atoms with Crippen molar-refractivity contribution in [2.45, 2.75) is 25.9 Å². The molecular formula is C15H16N4OS3. The molecule has 0 aliphatic rings. The van der Waals surface area contributed by atoms with Crippen molar-refractivity contribution < 1.29 is 4.79 Å². The largest absolute Gasteiger partial charge is 0.347 e. The fraction of sp³-hybridized carbons (Fsp3) is 0.267. The molecular weight excluding hydrogens is 348 g/mol. The summed E-state index contributed by atoms with van der Waals surface area (Å²) in [5, 5.41) is 14.1. The lowest BCUT2D eigenvalue weighted by molar-refractivity contribution is -0.124. The molecule has 0 aromatic carbocycles. The number of rotatable bonds is 5. The number of amides is 1. The van der Waals surface area contributed by atoms with Gasteiger partial charge in [-0.15, -0.1) is 22.7 Å². The van der Waals surface area contributed by atoms with Gasteiger partial charge in [-0.1, -0.05) is 12.1 Å². The predicted octanol–water partition coefficient (Wildman–Crippen LogP) is 4.17. The van der Waals surface area contributed by atoms with Crippen LogP contribution in [0.1, 0.15) is 30.8 Å². The number of hydrogen-bond acceptors (Lipinski definition) is 5. The number of nitrogens with one attached hydrogen (secondary N) is 2. The fourth-order valence-corrected chi connectivity index (χ4v) is 4.04. The standard InChI is InChI=1S/C15H16N4OS3/c1-9(11-5-3-7-22-11)16-14(20)10(2)19-13(17-18-15(19)21)12-6-4-8-23-12/h3-10H,1-2H3,(H,16,20)(H,18,21)/t9-,10+/m0/s1. The first-order valence-corrected chi connectivity index (χ1v) is 9.29. The Morgan fingerprint density at radius 3 is 2.70 bits per heavy atom. The van der Waals surface area contributed by atoms with Gasteiger partial charge in [0.05, 0.1) is 10.9 Å². The molecule has 3 aromatic heterocycles. The van der Waals surface area contributed by atoms with Crippen LogP contribution in [-0.4, -0.2) is 20.7 Å². The molecule has 8 heteroatoms. The number of carbonyl (C=O) groups is 1. The summed E-state index contributed by atoms with van der Waals surface area (Å²) in [7, 11) is 0. The van der Waals surface area contributed by atoms with Crippen LogP contribution in [0.5, 0.6) is 0 Å². The Balaban J connectivity index is 1.83. The third-order valence-corrected chi connectivity index (χ3v) is 5.75. The molecule has 0 aliphatic heterocycles. The summed E-state index contributed by atoms with van der Waals surface area (Å²) < 4.78 is 2.21. The Hall–Kier alpha value is -1.77. The second-order valence-corrected chi connectivity index (χ2v) is 7.44. The van der Waals surface area contributed by atoms with Gasteiger partial charge in [0.25, 0.3) is 0 Å². The quantitative estimate of drug-likeness (QED) is 0.668. The maximum absolute atomic E-state index is 12.6. The molecule has 1 amide bonds. The van der Waals surface area contributed by atoms with Crippen LogP contribution in [0.2, 0.25) is 0 Å². The van der Waals surface area contributed by atoms with Crippen molar-refractivity contribution in [1.29, 1.82) is 0 Å². The average molecular weight is 365 g/mol. The van der Waals surface area contributed by atoms with Gasteiger partial charge in [-0.05, 0) is 49.0 Å². The van der Waals surface area contributed by atoms with Crippen LogP contribution in [0.4, 0.5) is 0 Å². The van der Waals surface area contributed by atoms with Crippen LogP contribution in [-0.2, 0) is 4.79 Å². The van der Waals surface area contributed by atoms with Crippen molar-refractivity contribution in [2.24, 2.45) is 0 Å². The van der Waals surface area contributed by atoms with Gasteiger partial charge in [0, 0.05) is 4.88 Å². The van der Waals surface area contributed by atoms with Crippen LogP contribution >= 0.6 is 34.9 Å². The molecule has 0 radical (unpaired) electrons. The number of hydrogen-bond donors (Lipinski definition) is 2. The van der Waals surface area contributed by atoms with E-state index in [2.05, 4.69) is 15.5 Å². The second-order valence-electron chi connectivity index (χ2n) is 5.12. The van der Waals surface area contributed by atoms with E-state index in [0.29, 0.717) is 10.6 Å². The zero-order valence-corrected chi connectivity index (χ0v) is 15.1. The van der Waals surface area contributed by atoms with Gasteiger partial charge in [-0.3, -0.25) is 14.5 Å². The second kappa shape index (κ2) is 6.77. The summed E-state index contributed by atoms with van der Waals surface area (Å²) in [6.45, 7) is 3.81. The molecule has 5 nitrogen and oxygen atoms in total. The minimum absolute atomic E-state index is 0.0313. The third-order valence-electron chi connectivity index (χ3n) is 3.54. The lowest BCUT2D eigenvalue weighted by Gasteiger charge is -2.18. The smallest absolute Gasteiger partial charge is 0.243 e. The first-order chi connectivity index (χ1) is 11.1. The Kier molecular flexibility index (Phi) is 4.74. The molecule has 3 heterocycles. The van der Waals surface area contributed by atoms with E-state index in [1.807, 2.05) is 48.9 Å². The van der Waals surface area contributed by atoms with E-state index >= 15 is 0 Å². The minimum Gasteiger partial charge on any atom is -0.347 e. The normalized spacial score (nSPS) is 13.7. The Morgan fingerprint density at radius 2 is 2.04 bits per heavy atom. The molecule has 120 valence electrons. The van der Waals surface area contributed by atoms with Crippen molar-refractivity contribution in [3.05, 3.63) is 44.7 Å². The summed E-state index contributed by atoms with van der Waals surface area (Å²) in [5.74, 6) is 0.609. The van der Waals surface area contributed by atoms with Crippen molar-refractivity contribution >= 4 is 40.8 Å². The molecule has 0 bridgehead atoms. The highest BCUT2D eigenvalue weighted by Crippen LogP contribution is 2.26. The van der Waals surface area contributed by atoms with E-state index in [9.17, 15) is 4.79 Å². The van der Waals surface area contributed by atoms with Crippen molar-refractivity contribution in [1.82, 2.24) is 20.1 Å². The van der Waals surface area contributed by atoms with Gasteiger partial charge in [0.2, 0.25) is 5.91 Å². The van der Waals surface area contributed by atoms with Crippen LogP contribution in [0.15, 0.2) is 35.0 Å². The predicted molar refractivity (Wildman–Crippen MR) is 96.3 cm³/mol. The molecule has 0 unspecified atom stereocenters. The summed E-state index contributed by atoms with van der Waals surface area (Å²) >= 11 is 8.50. The number of carbonyl (C=O) groups excluding carboxylic acids is 1. The third kappa shape index (κ3) is 3.29. The maximum atomic E-state index is 12.6. The van der Waals surface area contributed by atoms with Crippen LogP contribution in [0.3, 0.4) is 0 Å². The molecule has 0 saturated carbocycles. The zero-order chi connectivity index (χ0) is 16.4. The highest BCUT2D eigenvalue weighted by atomic mass is 32.1. The van der Waals surface area contributed by atoms with Crippen LogP contribution in [0, 0.1) is 4.77 Å². The van der Waals surface area contributed by atoms with Gasteiger partial charge >= 0.3 is 0 Å². The van der Waals surface area contributed by atoms with Crippen molar-refractivity contribution in [2.75, 3.05) is 0 Å². The number of aromatic amines is 1. The summed E-state index contributed by atoms with van der Waals surface area (Å²) in [6.07, 6.45) is 0. The Bertz CT molecular complexity index is 833. The zero-order valence-electron chi connectivity index (χ0n) is 12.6. The van der Waals surface area contributed by atoms with E-state index in [-0.39, 0.29) is 11.9 Å². The molecule has 2 N–H and O–H groups in total. The first kappa shape index (κ1) is 16.1. The lowest BCUT2D eigenvalue weighted by Crippen LogP contribution is -2.33. The van der Waals surface area contributed by atoms with Crippen molar-refractivity contribution in [3.8, 4) is 10.7 Å². The molecule has 0 aliphatic carbocycles. The molecule has 23 heavy (non-hydrogen) atoms. The summed E-state index contributed by atoms with van der Waals surface area (Å²) in [6, 6.07) is 7.43. The van der Waals surface area contributed by atoms with E-state index in [0.717, 1.165) is 9.75 Å².